The number of aromatic amines is 1. The van der Waals surface area contributed by atoms with Gasteiger partial charge in [0.15, 0.2) is 0 Å². The van der Waals surface area contributed by atoms with Crippen LogP contribution in [0.25, 0.3) is 22.2 Å². The Labute approximate surface area is 217 Å². The highest BCUT2D eigenvalue weighted by Crippen LogP contribution is 2.36. The van der Waals surface area contributed by atoms with Crippen molar-refractivity contribution >= 4 is 55.5 Å². The van der Waals surface area contributed by atoms with Gasteiger partial charge in [-0.3, -0.25) is 4.98 Å². The molecule has 3 aromatic carbocycles. The Morgan fingerprint density at radius 2 is 1.92 bits per heavy atom. The number of nitrogens with zero attached hydrogens (tertiary/aromatic N) is 4. The van der Waals surface area contributed by atoms with Crippen molar-refractivity contribution in [1.29, 1.82) is 5.26 Å². The second-order valence-electron chi connectivity index (χ2n) is 7.75. The SMILES string of the molecule is N#Cc1cnc2c(Br)cc(NCc3n[nH]nc3-c3cccc(F)c3)cc2c1Nc1ccc(F)c(Cl)c1. The number of pyridine rings is 1. The van der Waals surface area contributed by atoms with Crippen LogP contribution >= 0.6 is 27.5 Å². The van der Waals surface area contributed by atoms with Gasteiger partial charge in [-0.25, -0.2) is 8.78 Å². The van der Waals surface area contributed by atoms with Gasteiger partial charge in [0, 0.05) is 33.0 Å². The summed E-state index contributed by atoms with van der Waals surface area (Å²) >= 11 is 9.49. The maximum absolute atomic E-state index is 13.7. The van der Waals surface area contributed by atoms with Crippen LogP contribution in [-0.4, -0.2) is 20.4 Å². The normalized spacial score (nSPS) is 10.9. The number of aromatic nitrogens is 4. The number of nitrogens with one attached hydrogen (secondary N) is 3. The van der Waals surface area contributed by atoms with Crippen molar-refractivity contribution in [3.63, 3.8) is 0 Å². The number of H-pyrrole nitrogens is 1. The molecule has 36 heavy (non-hydrogen) atoms. The molecule has 3 N–H and O–H groups in total. The molecule has 5 rings (SSSR count). The minimum Gasteiger partial charge on any atom is -0.379 e. The molecule has 0 fully saturated rings. The van der Waals surface area contributed by atoms with Gasteiger partial charge in [0.1, 0.15) is 29.1 Å². The molecule has 0 unspecified atom stereocenters. The van der Waals surface area contributed by atoms with Crippen LogP contribution in [0.1, 0.15) is 11.3 Å². The van der Waals surface area contributed by atoms with Crippen LogP contribution in [0, 0.1) is 23.0 Å². The Balaban J connectivity index is 1.50. The Hall–Kier alpha value is -4.07. The lowest BCUT2D eigenvalue weighted by Gasteiger charge is -2.15. The Kier molecular flexibility index (Phi) is 6.50. The molecule has 0 saturated heterocycles. The van der Waals surface area contributed by atoms with Crippen LogP contribution in [0.4, 0.5) is 25.8 Å². The molecule has 0 aliphatic heterocycles. The third-order valence-corrected chi connectivity index (χ3v) is 6.31. The number of hydrogen-bond acceptors (Lipinski definition) is 6. The van der Waals surface area contributed by atoms with Crippen LogP contribution < -0.4 is 10.6 Å². The molecule has 0 atom stereocenters. The first-order valence-corrected chi connectivity index (χ1v) is 11.7. The fourth-order valence-electron chi connectivity index (χ4n) is 3.73. The van der Waals surface area contributed by atoms with Gasteiger partial charge in [0.05, 0.1) is 28.3 Å². The predicted octanol–water partition coefficient (Wildman–Crippen LogP) is 6.94. The van der Waals surface area contributed by atoms with Gasteiger partial charge in [-0.15, -0.1) is 0 Å². The smallest absolute Gasteiger partial charge is 0.141 e. The molecule has 0 aliphatic carbocycles. The molecule has 11 heteroatoms. The second kappa shape index (κ2) is 9.89. The molecule has 0 spiro atoms. The van der Waals surface area contributed by atoms with Gasteiger partial charge in [-0.1, -0.05) is 23.7 Å². The van der Waals surface area contributed by atoms with Crippen LogP contribution in [0.3, 0.4) is 0 Å². The average Bonchev–Trinajstić information content (AvgIpc) is 3.34. The molecule has 0 aliphatic rings. The lowest BCUT2D eigenvalue weighted by Crippen LogP contribution is -2.03. The van der Waals surface area contributed by atoms with Gasteiger partial charge in [-0.05, 0) is 58.4 Å². The molecule has 2 heterocycles. The standard InChI is InChI=1S/C25H15BrClF2N7/c26-19-8-17(31-12-22-24(35-36-34-22)13-2-1-3-15(28)6-13)7-18-23(14(10-30)11-32-25(18)19)33-16-4-5-21(29)20(27)9-16/h1-9,11,31H,12H2,(H,32,33)(H,34,35,36). The molecule has 7 nitrogen and oxygen atoms in total. The summed E-state index contributed by atoms with van der Waals surface area (Å²) in [6.45, 7) is 0.294. The monoisotopic (exact) mass is 565 g/mol. The molecule has 178 valence electrons. The van der Waals surface area contributed by atoms with Crippen molar-refractivity contribution in [2.45, 2.75) is 6.54 Å². The summed E-state index contributed by atoms with van der Waals surface area (Å²) < 4.78 is 28.0. The molecule has 0 amide bonds. The Morgan fingerprint density at radius 3 is 2.69 bits per heavy atom. The van der Waals surface area contributed by atoms with E-state index in [0.29, 0.717) is 61.5 Å². The van der Waals surface area contributed by atoms with Crippen LogP contribution in [0.2, 0.25) is 5.02 Å². The van der Waals surface area contributed by atoms with E-state index < -0.39 is 5.82 Å². The lowest BCUT2D eigenvalue weighted by atomic mass is 10.1. The second-order valence-corrected chi connectivity index (χ2v) is 9.01. The van der Waals surface area contributed by atoms with E-state index in [2.05, 4.69) is 53.0 Å². The third kappa shape index (κ3) is 4.71. The minimum atomic E-state index is -0.540. The van der Waals surface area contributed by atoms with E-state index in [1.807, 2.05) is 12.1 Å². The highest BCUT2D eigenvalue weighted by molar-refractivity contribution is 9.10. The van der Waals surface area contributed by atoms with E-state index in [4.69, 9.17) is 11.6 Å². The zero-order valence-corrected chi connectivity index (χ0v) is 20.6. The maximum atomic E-state index is 13.7. The van der Waals surface area contributed by atoms with Crippen LogP contribution in [-0.2, 0) is 6.54 Å². The van der Waals surface area contributed by atoms with E-state index in [-0.39, 0.29) is 10.8 Å². The predicted molar refractivity (Wildman–Crippen MR) is 138 cm³/mol. The summed E-state index contributed by atoms with van der Waals surface area (Å²) in [5, 5.41) is 27.7. The van der Waals surface area contributed by atoms with Gasteiger partial charge < -0.3 is 10.6 Å². The number of hydrogen-bond donors (Lipinski definition) is 3. The molecular weight excluding hydrogens is 552 g/mol. The summed E-state index contributed by atoms with van der Waals surface area (Å²) in [6.07, 6.45) is 1.47. The number of rotatable bonds is 6. The first-order chi connectivity index (χ1) is 17.4. The maximum Gasteiger partial charge on any atom is 0.141 e. The van der Waals surface area contributed by atoms with E-state index in [1.165, 1.54) is 36.5 Å². The first-order valence-electron chi connectivity index (χ1n) is 10.6. The topological polar surface area (TPSA) is 102 Å². The molecule has 0 radical (unpaired) electrons. The fraction of sp³-hybridized carbons (Fsp3) is 0.0400. The van der Waals surface area contributed by atoms with Crippen molar-refractivity contribution in [2.24, 2.45) is 0 Å². The zero-order valence-electron chi connectivity index (χ0n) is 18.3. The van der Waals surface area contributed by atoms with Crippen LogP contribution in [0.15, 0.2) is 65.3 Å². The summed E-state index contributed by atoms with van der Waals surface area (Å²) in [4.78, 5) is 4.41. The van der Waals surface area contributed by atoms with Gasteiger partial charge in [-0.2, -0.15) is 20.7 Å². The van der Waals surface area contributed by atoms with Gasteiger partial charge >= 0.3 is 0 Å². The van der Waals surface area contributed by atoms with E-state index in [1.54, 1.807) is 12.1 Å². The third-order valence-electron chi connectivity index (χ3n) is 5.41. The van der Waals surface area contributed by atoms with E-state index in [9.17, 15) is 14.0 Å². The molecule has 0 saturated carbocycles. The number of fused-ring (bicyclic) bond motifs is 1. The van der Waals surface area contributed by atoms with Crippen molar-refractivity contribution in [1.82, 2.24) is 20.4 Å². The lowest BCUT2D eigenvalue weighted by molar-refractivity contribution is 0.628. The van der Waals surface area contributed by atoms with Crippen molar-refractivity contribution < 1.29 is 8.78 Å². The number of halogens is 4. The van der Waals surface area contributed by atoms with Gasteiger partial charge in [0.25, 0.3) is 0 Å². The van der Waals surface area contributed by atoms with Crippen molar-refractivity contribution in [3.8, 4) is 17.3 Å². The zero-order chi connectivity index (χ0) is 25.2. The van der Waals surface area contributed by atoms with Gasteiger partial charge in [0.2, 0.25) is 0 Å². The molecule has 0 bridgehead atoms. The highest BCUT2D eigenvalue weighted by atomic mass is 79.9. The van der Waals surface area contributed by atoms with Crippen molar-refractivity contribution in [2.75, 3.05) is 10.6 Å². The highest BCUT2D eigenvalue weighted by Gasteiger charge is 2.15. The quantitative estimate of drug-likeness (QED) is 0.206. The molecule has 2 aromatic heterocycles. The van der Waals surface area contributed by atoms with Crippen molar-refractivity contribution in [3.05, 3.63) is 93.2 Å². The summed E-state index contributed by atoms with van der Waals surface area (Å²) in [5.74, 6) is -0.904. The Bertz CT molecular complexity index is 1650. The average molecular weight is 567 g/mol. The number of nitriles is 1. The molecular formula is C25H15BrClF2N7. The minimum absolute atomic E-state index is 0.0397. The summed E-state index contributed by atoms with van der Waals surface area (Å²) in [5.41, 5.74) is 4.38. The van der Waals surface area contributed by atoms with Crippen LogP contribution in [0.5, 0.6) is 0 Å². The first kappa shape index (κ1) is 23.7. The summed E-state index contributed by atoms with van der Waals surface area (Å²) in [7, 11) is 0. The number of anilines is 3. The van der Waals surface area contributed by atoms with E-state index >= 15 is 0 Å². The van der Waals surface area contributed by atoms with E-state index in [0.717, 1.165) is 0 Å². The molecule has 5 aromatic rings. The Morgan fingerprint density at radius 1 is 1.06 bits per heavy atom. The largest absolute Gasteiger partial charge is 0.379 e. The number of benzene rings is 3. The summed E-state index contributed by atoms with van der Waals surface area (Å²) in [6, 6.07) is 16.2. The fourth-order valence-corrected chi connectivity index (χ4v) is 4.47.